The summed E-state index contributed by atoms with van der Waals surface area (Å²) in [6.45, 7) is 2.44. The molecule has 1 aliphatic rings. The number of imidazole rings is 1. The van der Waals surface area contributed by atoms with Crippen molar-refractivity contribution in [2.45, 2.75) is 24.2 Å². The van der Waals surface area contributed by atoms with E-state index in [1.807, 2.05) is 0 Å². The third-order valence-corrected chi connectivity index (χ3v) is 6.26. The van der Waals surface area contributed by atoms with E-state index in [2.05, 4.69) is 10.0 Å². The minimum absolute atomic E-state index is 0. The van der Waals surface area contributed by atoms with Crippen molar-refractivity contribution in [2.75, 3.05) is 19.6 Å². The Bertz CT molecular complexity index is 898. The number of hydrogen-bond acceptors (Lipinski definition) is 4. The van der Waals surface area contributed by atoms with Crippen LogP contribution in [0.4, 0.5) is 0 Å². The highest BCUT2D eigenvalue weighted by Crippen LogP contribution is 2.18. The average molecular weight is 389 g/mol. The van der Waals surface area contributed by atoms with Crippen LogP contribution in [-0.2, 0) is 24.1 Å². The monoisotopic (exact) mass is 388 g/mol. The Balaban J connectivity index is 0.00000225. The van der Waals surface area contributed by atoms with E-state index in [1.165, 1.54) is 9.13 Å². The number of piperidine rings is 1. The van der Waals surface area contributed by atoms with Gasteiger partial charge in [0.15, 0.2) is 0 Å². The molecule has 1 unspecified atom stereocenters. The second-order valence-corrected chi connectivity index (χ2v) is 8.22. The van der Waals surface area contributed by atoms with Gasteiger partial charge in [0, 0.05) is 20.6 Å². The molecule has 7 nitrogen and oxygen atoms in total. The molecule has 0 aliphatic carbocycles. The maximum Gasteiger partial charge on any atom is 0.328 e. The lowest BCUT2D eigenvalue weighted by molar-refractivity contribution is 0.358. The van der Waals surface area contributed by atoms with Crippen molar-refractivity contribution in [3.8, 4) is 0 Å². The molecule has 2 heterocycles. The van der Waals surface area contributed by atoms with Gasteiger partial charge in [-0.25, -0.2) is 17.9 Å². The summed E-state index contributed by atoms with van der Waals surface area (Å²) in [7, 11) is -0.249. The Morgan fingerprint density at radius 3 is 2.64 bits per heavy atom. The molecule has 0 amide bonds. The van der Waals surface area contributed by atoms with E-state index in [9.17, 15) is 13.2 Å². The number of sulfonamides is 1. The highest BCUT2D eigenvalue weighted by Gasteiger charge is 2.18. The summed E-state index contributed by atoms with van der Waals surface area (Å²) in [5.74, 6) is 0.527. The lowest BCUT2D eigenvalue weighted by atomic mass is 9.96. The lowest BCUT2D eigenvalue weighted by Gasteiger charge is -2.22. The Morgan fingerprint density at radius 1 is 1.24 bits per heavy atom. The third-order valence-electron chi connectivity index (χ3n) is 4.80. The smallest absolute Gasteiger partial charge is 0.316 e. The maximum absolute atomic E-state index is 12.5. The van der Waals surface area contributed by atoms with Gasteiger partial charge in [-0.15, -0.1) is 12.4 Å². The van der Waals surface area contributed by atoms with E-state index in [4.69, 9.17) is 0 Å². The van der Waals surface area contributed by atoms with Crippen LogP contribution in [0.25, 0.3) is 11.0 Å². The standard InChI is InChI=1S/C16H24N4O3S.ClH/c1-19-14-6-5-13(10-15(14)20(2)16(19)21)24(22,23)18-9-7-12-4-3-8-17-11-12;/h5-6,10,12,17-18H,3-4,7-9,11H2,1-2H3;1H. The van der Waals surface area contributed by atoms with Crippen molar-refractivity contribution in [1.29, 1.82) is 0 Å². The Kier molecular flexibility index (Phi) is 6.31. The summed E-state index contributed by atoms with van der Waals surface area (Å²) >= 11 is 0. The molecule has 0 saturated carbocycles. The zero-order valence-corrected chi connectivity index (χ0v) is 16.1. The molecule has 25 heavy (non-hydrogen) atoms. The number of benzene rings is 1. The highest BCUT2D eigenvalue weighted by atomic mass is 35.5. The first-order valence-electron chi connectivity index (χ1n) is 8.26. The molecule has 1 saturated heterocycles. The number of aryl methyl sites for hydroxylation is 2. The van der Waals surface area contributed by atoms with Crippen LogP contribution < -0.4 is 15.7 Å². The van der Waals surface area contributed by atoms with E-state index in [0.29, 0.717) is 18.0 Å². The fourth-order valence-electron chi connectivity index (χ4n) is 3.30. The van der Waals surface area contributed by atoms with E-state index >= 15 is 0 Å². The van der Waals surface area contributed by atoms with E-state index in [-0.39, 0.29) is 23.0 Å². The van der Waals surface area contributed by atoms with Gasteiger partial charge in [0.2, 0.25) is 10.0 Å². The van der Waals surface area contributed by atoms with Crippen LogP contribution in [0.15, 0.2) is 27.9 Å². The number of nitrogens with one attached hydrogen (secondary N) is 2. The first kappa shape index (κ1) is 20.0. The number of nitrogens with zero attached hydrogens (tertiary/aromatic N) is 2. The minimum Gasteiger partial charge on any atom is -0.316 e. The minimum atomic E-state index is -3.57. The van der Waals surface area contributed by atoms with Gasteiger partial charge in [0.05, 0.1) is 15.9 Å². The molecule has 0 spiro atoms. The van der Waals surface area contributed by atoms with Gasteiger partial charge < -0.3 is 5.32 Å². The summed E-state index contributed by atoms with van der Waals surface area (Å²) in [4.78, 5) is 12.1. The summed E-state index contributed by atoms with van der Waals surface area (Å²) in [5, 5.41) is 3.34. The molecule has 1 aliphatic heterocycles. The zero-order valence-electron chi connectivity index (χ0n) is 14.5. The predicted molar refractivity (Wildman–Crippen MR) is 101 cm³/mol. The molecule has 1 fully saturated rings. The van der Waals surface area contributed by atoms with Crippen LogP contribution in [0.2, 0.25) is 0 Å². The van der Waals surface area contributed by atoms with E-state index in [1.54, 1.807) is 32.3 Å². The van der Waals surface area contributed by atoms with Gasteiger partial charge in [-0.05, 0) is 56.5 Å². The van der Waals surface area contributed by atoms with Crippen LogP contribution in [-0.4, -0.2) is 37.2 Å². The van der Waals surface area contributed by atoms with Crippen molar-refractivity contribution in [3.63, 3.8) is 0 Å². The van der Waals surface area contributed by atoms with Crippen molar-refractivity contribution in [1.82, 2.24) is 19.2 Å². The van der Waals surface area contributed by atoms with Gasteiger partial charge in [0.25, 0.3) is 0 Å². The molecular weight excluding hydrogens is 364 g/mol. The molecule has 1 atom stereocenters. The molecule has 1 aromatic heterocycles. The largest absolute Gasteiger partial charge is 0.328 e. The maximum atomic E-state index is 12.5. The molecule has 3 rings (SSSR count). The third kappa shape index (κ3) is 4.08. The van der Waals surface area contributed by atoms with E-state index < -0.39 is 10.0 Å². The molecule has 2 N–H and O–H groups in total. The summed E-state index contributed by atoms with van der Waals surface area (Å²) in [5.41, 5.74) is 1.16. The molecule has 2 aromatic rings. The number of halogens is 1. The van der Waals surface area contributed by atoms with Crippen molar-refractivity contribution in [2.24, 2.45) is 20.0 Å². The summed E-state index contributed by atoms with van der Waals surface area (Å²) in [6, 6.07) is 4.78. The highest BCUT2D eigenvalue weighted by molar-refractivity contribution is 7.89. The Hall–Kier alpha value is -1.35. The number of fused-ring (bicyclic) bond motifs is 1. The van der Waals surface area contributed by atoms with Gasteiger partial charge in [-0.2, -0.15) is 0 Å². The molecular formula is C16H25ClN4O3S. The topological polar surface area (TPSA) is 85.1 Å². The van der Waals surface area contributed by atoms with Crippen LogP contribution >= 0.6 is 12.4 Å². The summed E-state index contributed by atoms with van der Waals surface area (Å²) in [6.07, 6.45) is 3.13. The average Bonchev–Trinajstić information content (AvgIpc) is 2.80. The van der Waals surface area contributed by atoms with Crippen LogP contribution in [0, 0.1) is 5.92 Å². The molecule has 0 bridgehead atoms. The SMILES string of the molecule is Cl.Cn1c(=O)n(C)c2cc(S(=O)(=O)NCCC3CCCNC3)ccc21. The first-order chi connectivity index (χ1) is 11.4. The van der Waals surface area contributed by atoms with Gasteiger partial charge in [-0.3, -0.25) is 9.13 Å². The fourth-order valence-corrected chi connectivity index (χ4v) is 4.37. The summed E-state index contributed by atoms with van der Waals surface area (Å²) < 4.78 is 30.6. The number of rotatable bonds is 5. The van der Waals surface area contributed by atoms with E-state index in [0.717, 1.165) is 37.9 Å². The van der Waals surface area contributed by atoms with Gasteiger partial charge >= 0.3 is 5.69 Å². The van der Waals surface area contributed by atoms with Gasteiger partial charge in [-0.1, -0.05) is 0 Å². The number of aromatic nitrogens is 2. The molecule has 140 valence electrons. The van der Waals surface area contributed by atoms with Crippen molar-refractivity contribution in [3.05, 3.63) is 28.7 Å². The van der Waals surface area contributed by atoms with Crippen molar-refractivity contribution < 1.29 is 8.42 Å². The first-order valence-corrected chi connectivity index (χ1v) is 9.74. The van der Waals surface area contributed by atoms with Crippen molar-refractivity contribution >= 4 is 33.5 Å². The second-order valence-electron chi connectivity index (χ2n) is 6.45. The quantitative estimate of drug-likeness (QED) is 0.799. The fraction of sp³-hybridized carbons (Fsp3) is 0.562. The molecule has 0 radical (unpaired) electrons. The number of hydrogen-bond donors (Lipinski definition) is 2. The lowest BCUT2D eigenvalue weighted by Crippen LogP contribution is -2.33. The Labute approximate surface area is 153 Å². The molecule has 1 aromatic carbocycles. The zero-order chi connectivity index (χ0) is 17.3. The normalized spacial score (nSPS) is 18.2. The molecule has 9 heteroatoms. The van der Waals surface area contributed by atoms with Crippen LogP contribution in [0.1, 0.15) is 19.3 Å². The van der Waals surface area contributed by atoms with Crippen LogP contribution in [0.5, 0.6) is 0 Å². The van der Waals surface area contributed by atoms with Gasteiger partial charge in [0.1, 0.15) is 0 Å². The van der Waals surface area contributed by atoms with Crippen LogP contribution in [0.3, 0.4) is 0 Å². The predicted octanol–water partition coefficient (Wildman–Crippen LogP) is 0.967. The Morgan fingerprint density at radius 2 is 1.96 bits per heavy atom. The second kappa shape index (κ2) is 7.90.